The van der Waals surface area contributed by atoms with Crippen LogP contribution in [0.3, 0.4) is 0 Å². The van der Waals surface area contributed by atoms with Crippen molar-refractivity contribution in [2.75, 3.05) is 6.66 Å². The molecular formula is CH5FOP2. The van der Waals surface area contributed by atoms with Gasteiger partial charge < -0.3 is 4.89 Å². The smallest absolute Gasteiger partial charge is 0.126 e. The number of halogens is 1. The third-order valence-electron chi connectivity index (χ3n) is 0.138. The van der Waals surface area contributed by atoms with Gasteiger partial charge in [-0.25, -0.2) is 4.20 Å². The summed E-state index contributed by atoms with van der Waals surface area (Å²) in [5.41, 5.74) is 0. The maximum Gasteiger partial charge on any atom is 0.126 e. The predicted octanol–water partition coefficient (Wildman–Crippen LogP) is 1.48. The third-order valence-corrected chi connectivity index (χ3v) is 1.24. The molecule has 0 rings (SSSR count). The SMILES string of the molecule is CP(F)PO. The zero-order valence-electron chi connectivity index (χ0n) is 2.77. The molecule has 0 heterocycles. The molecule has 4 heteroatoms. The van der Waals surface area contributed by atoms with Gasteiger partial charge in [0, 0.05) is 0 Å². The van der Waals surface area contributed by atoms with E-state index >= 15 is 0 Å². The first-order chi connectivity index (χ1) is 2.27. The number of hydrogen-bond acceptors (Lipinski definition) is 1. The molecule has 5 heavy (non-hydrogen) atoms. The molecule has 0 aliphatic rings. The molecule has 0 amide bonds. The maximum absolute atomic E-state index is 11.3. The van der Waals surface area contributed by atoms with Gasteiger partial charge in [-0.15, -0.1) is 0 Å². The van der Waals surface area contributed by atoms with Crippen molar-refractivity contribution < 1.29 is 9.09 Å². The van der Waals surface area contributed by atoms with E-state index in [-0.39, 0.29) is 0 Å². The highest BCUT2D eigenvalue weighted by molar-refractivity contribution is 8.16. The lowest BCUT2D eigenvalue weighted by Gasteiger charge is -1.84. The monoisotopic (exact) mass is 114 g/mol. The zero-order chi connectivity index (χ0) is 4.28. The Kier molecular flexibility index (Phi) is 3.40. The molecule has 0 fully saturated rings. The fraction of sp³-hybridized carbons (Fsp3) is 1.00. The summed E-state index contributed by atoms with van der Waals surface area (Å²) >= 11 is 0. The minimum absolute atomic E-state index is 0.488. The van der Waals surface area contributed by atoms with Crippen molar-refractivity contribution in [3.63, 3.8) is 0 Å². The van der Waals surface area contributed by atoms with Crippen LogP contribution in [0.5, 0.6) is 0 Å². The molecule has 0 aromatic rings. The van der Waals surface area contributed by atoms with Crippen LogP contribution in [-0.4, -0.2) is 11.6 Å². The van der Waals surface area contributed by atoms with Gasteiger partial charge in [0.2, 0.25) is 0 Å². The molecule has 2 atom stereocenters. The predicted molar refractivity (Wildman–Crippen MR) is 24.5 cm³/mol. The molecule has 0 saturated carbocycles. The lowest BCUT2D eigenvalue weighted by atomic mass is 12.0. The summed E-state index contributed by atoms with van der Waals surface area (Å²) in [7, 11) is -2.00. The molecule has 0 aromatic carbocycles. The Morgan fingerprint density at radius 1 is 2.00 bits per heavy atom. The average Bonchev–Trinajstić information content (AvgIpc) is 1.38. The molecule has 0 aliphatic carbocycles. The Hall–Kier alpha value is 0.750. The van der Waals surface area contributed by atoms with Crippen LogP contribution in [0.1, 0.15) is 0 Å². The molecule has 1 nitrogen and oxygen atoms in total. The van der Waals surface area contributed by atoms with Gasteiger partial charge in [0.25, 0.3) is 0 Å². The van der Waals surface area contributed by atoms with Crippen LogP contribution in [0.2, 0.25) is 0 Å². The molecular weight excluding hydrogens is 109 g/mol. The summed E-state index contributed by atoms with van der Waals surface area (Å²) in [5.74, 6) is 0. The van der Waals surface area contributed by atoms with Crippen LogP contribution in [-0.2, 0) is 0 Å². The Morgan fingerprint density at radius 2 is 2.20 bits per heavy atom. The van der Waals surface area contributed by atoms with Crippen molar-refractivity contribution in [2.45, 2.75) is 0 Å². The molecule has 0 bridgehead atoms. The van der Waals surface area contributed by atoms with Gasteiger partial charge in [-0.05, 0) is 6.66 Å². The minimum Gasteiger partial charge on any atom is -0.370 e. The molecule has 32 valence electrons. The maximum atomic E-state index is 11.3. The second kappa shape index (κ2) is 2.96. The highest BCUT2D eigenvalue weighted by atomic mass is 32.1. The van der Waals surface area contributed by atoms with Crippen LogP contribution in [0.15, 0.2) is 0 Å². The second-order valence-electron chi connectivity index (χ2n) is 0.577. The number of hydrogen-bond donors (Lipinski definition) is 1. The van der Waals surface area contributed by atoms with Gasteiger partial charge in [-0.2, -0.15) is 0 Å². The van der Waals surface area contributed by atoms with Crippen LogP contribution < -0.4 is 0 Å². The van der Waals surface area contributed by atoms with Crippen LogP contribution in [0.4, 0.5) is 4.20 Å². The van der Waals surface area contributed by atoms with E-state index in [0.717, 1.165) is 0 Å². The highest BCUT2D eigenvalue weighted by Crippen LogP contribution is 2.50. The van der Waals surface area contributed by atoms with Crippen molar-refractivity contribution in [2.24, 2.45) is 0 Å². The van der Waals surface area contributed by atoms with Crippen LogP contribution >= 0.6 is 16.4 Å². The fourth-order valence-electron chi connectivity index (χ4n) is 0. The molecule has 0 aromatic heterocycles. The Labute approximate surface area is 33.2 Å². The molecule has 0 aliphatic heterocycles. The van der Waals surface area contributed by atoms with Gasteiger partial charge in [-0.1, -0.05) is 0 Å². The van der Waals surface area contributed by atoms with Crippen molar-refractivity contribution in [3.05, 3.63) is 0 Å². The van der Waals surface area contributed by atoms with E-state index < -0.39 is 16.4 Å². The topological polar surface area (TPSA) is 20.2 Å². The molecule has 2 unspecified atom stereocenters. The van der Waals surface area contributed by atoms with E-state index in [4.69, 9.17) is 4.89 Å². The first-order valence-corrected chi connectivity index (χ1v) is 4.53. The molecule has 0 spiro atoms. The van der Waals surface area contributed by atoms with E-state index in [1.165, 1.54) is 6.66 Å². The summed E-state index contributed by atoms with van der Waals surface area (Å²) in [6.07, 6.45) is 0. The van der Waals surface area contributed by atoms with Crippen LogP contribution in [0, 0.1) is 0 Å². The van der Waals surface area contributed by atoms with Crippen molar-refractivity contribution in [1.82, 2.24) is 0 Å². The first-order valence-electron chi connectivity index (χ1n) is 1.06. The Morgan fingerprint density at radius 3 is 2.20 bits per heavy atom. The van der Waals surface area contributed by atoms with E-state index in [2.05, 4.69) is 0 Å². The van der Waals surface area contributed by atoms with E-state index in [1.807, 2.05) is 0 Å². The Balaban J connectivity index is 2.54. The van der Waals surface area contributed by atoms with Gasteiger partial charge in [0.1, 0.15) is 7.92 Å². The minimum atomic E-state index is -1.51. The zero-order valence-corrected chi connectivity index (χ0v) is 4.67. The van der Waals surface area contributed by atoms with Gasteiger partial charge >= 0.3 is 0 Å². The summed E-state index contributed by atoms with van der Waals surface area (Å²) in [6.45, 7) is 1.38. The highest BCUT2D eigenvalue weighted by Gasteiger charge is 1.87. The Bertz CT molecular complexity index is 23.6. The van der Waals surface area contributed by atoms with Gasteiger partial charge in [0.05, 0.1) is 8.50 Å². The quantitative estimate of drug-likeness (QED) is 0.512. The standard InChI is InChI=1S/CH5FOP2/c1-5(2)4-3/h3-4H,1H3. The lowest BCUT2D eigenvalue weighted by Crippen LogP contribution is -1.35. The molecule has 0 radical (unpaired) electrons. The van der Waals surface area contributed by atoms with E-state index in [9.17, 15) is 4.20 Å². The van der Waals surface area contributed by atoms with Crippen LogP contribution in [0.25, 0.3) is 0 Å². The fourth-order valence-corrected chi connectivity index (χ4v) is 0. The molecule has 1 N–H and O–H groups in total. The van der Waals surface area contributed by atoms with E-state index in [0.29, 0.717) is 0 Å². The average molecular weight is 114 g/mol. The summed E-state index contributed by atoms with van der Waals surface area (Å²) in [6, 6.07) is 0. The lowest BCUT2D eigenvalue weighted by molar-refractivity contribution is 0.657. The second-order valence-corrected chi connectivity index (χ2v) is 4.18. The van der Waals surface area contributed by atoms with Crippen molar-refractivity contribution >= 4 is 16.4 Å². The van der Waals surface area contributed by atoms with Crippen molar-refractivity contribution in [1.29, 1.82) is 0 Å². The third kappa shape index (κ3) is 4.75. The first kappa shape index (κ1) is 5.75. The summed E-state index contributed by atoms with van der Waals surface area (Å²) in [4.78, 5) is 7.83. The molecule has 0 saturated heterocycles. The van der Waals surface area contributed by atoms with Gasteiger partial charge in [-0.3, -0.25) is 0 Å². The summed E-state index contributed by atoms with van der Waals surface area (Å²) in [5, 5.41) is 0. The normalized spacial score (nSPS) is 17.4. The summed E-state index contributed by atoms with van der Waals surface area (Å²) < 4.78 is 11.3. The van der Waals surface area contributed by atoms with E-state index in [1.54, 1.807) is 0 Å². The number of rotatable bonds is 1. The van der Waals surface area contributed by atoms with Gasteiger partial charge in [0.15, 0.2) is 0 Å². The largest absolute Gasteiger partial charge is 0.370 e. The van der Waals surface area contributed by atoms with Crippen molar-refractivity contribution in [3.8, 4) is 0 Å².